The van der Waals surface area contributed by atoms with Crippen LogP contribution in [-0.2, 0) is 14.8 Å². The molecule has 0 radical (unpaired) electrons. The number of carbonyl (C=O) groups is 1. The average molecular weight is 403 g/mol. The van der Waals surface area contributed by atoms with Crippen molar-refractivity contribution in [3.63, 3.8) is 0 Å². The van der Waals surface area contributed by atoms with Gasteiger partial charge in [-0.25, -0.2) is 22.8 Å². The van der Waals surface area contributed by atoms with E-state index in [1.807, 2.05) is 6.92 Å². The van der Waals surface area contributed by atoms with Gasteiger partial charge in [0.15, 0.2) is 5.82 Å². The maximum atomic E-state index is 12.6. The van der Waals surface area contributed by atoms with Crippen molar-refractivity contribution in [2.75, 3.05) is 5.32 Å². The van der Waals surface area contributed by atoms with Gasteiger partial charge in [0.25, 0.3) is 0 Å². The monoisotopic (exact) mass is 403 g/mol. The molecule has 1 aromatic carbocycles. The molecule has 27 heavy (non-hydrogen) atoms. The topological polar surface area (TPSA) is 106 Å². The molecule has 0 atom stereocenters. The third kappa shape index (κ3) is 3.51. The fraction of sp³-hybridized carbons (Fsp3) is 0.235. The van der Waals surface area contributed by atoms with Crippen LogP contribution >= 0.6 is 11.3 Å². The van der Waals surface area contributed by atoms with Gasteiger partial charge in [0.1, 0.15) is 5.00 Å². The smallest absolute Gasteiger partial charge is 0.248 e. The number of rotatable bonds is 6. The van der Waals surface area contributed by atoms with Crippen LogP contribution in [0.4, 0.5) is 5.00 Å². The third-order valence-electron chi connectivity index (χ3n) is 4.36. The molecule has 2 heterocycles. The summed E-state index contributed by atoms with van der Waals surface area (Å²) in [6, 6.07) is 4.80. The van der Waals surface area contributed by atoms with Gasteiger partial charge in [-0.1, -0.05) is 6.58 Å². The molecule has 2 aromatic heterocycles. The number of nitrogens with one attached hydrogen (secondary N) is 2. The molecular formula is C17H17N5O3S2. The Morgan fingerprint density at radius 2 is 2.19 bits per heavy atom. The van der Waals surface area contributed by atoms with E-state index in [2.05, 4.69) is 26.7 Å². The third-order valence-corrected chi connectivity index (χ3v) is 6.72. The predicted octanol–water partition coefficient (Wildman–Crippen LogP) is 2.44. The number of amides is 1. The van der Waals surface area contributed by atoms with Crippen LogP contribution in [0.15, 0.2) is 47.5 Å². The van der Waals surface area contributed by atoms with E-state index in [1.54, 1.807) is 23.8 Å². The van der Waals surface area contributed by atoms with E-state index in [9.17, 15) is 13.2 Å². The van der Waals surface area contributed by atoms with Gasteiger partial charge in [-0.05, 0) is 44.0 Å². The second-order valence-corrected chi connectivity index (χ2v) is 9.20. The second-order valence-electron chi connectivity index (χ2n) is 6.66. The Morgan fingerprint density at radius 1 is 1.41 bits per heavy atom. The van der Waals surface area contributed by atoms with Crippen LogP contribution in [0.5, 0.6) is 0 Å². The van der Waals surface area contributed by atoms with Crippen LogP contribution in [0.25, 0.3) is 16.7 Å². The number of benzene rings is 1. The minimum absolute atomic E-state index is 0.173. The first-order valence-corrected chi connectivity index (χ1v) is 10.6. The van der Waals surface area contributed by atoms with Gasteiger partial charge in [0, 0.05) is 17.1 Å². The summed E-state index contributed by atoms with van der Waals surface area (Å²) >= 11 is 1.26. The van der Waals surface area contributed by atoms with Crippen LogP contribution in [0, 0.1) is 0 Å². The molecule has 3 aromatic rings. The molecular weight excluding hydrogens is 386 g/mol. The molecule has 10 heteroatoms. The van der Waals surface area contributed by atoms with Crippen LogP contribution in [-0.4, -0.2) is 34.6 Å². The maximum absolute atomic E-state index is 12.6. The lowest BCUT2D eigenvalue weighted by Gasteiger charge is -2.11. The lowest BCUT2D eigenvalue weighted by atomic mass is 10.3. The van der Waals surface area contributed by atoms with Crippen molar-refractivity contribution >= 4 is 43.2 Å². The highest BCUT2D eigenvalue weighted by molar-refractivity contribution is 7.89. The Kier molecular flexibility index (Phi) is 4.13. The first-order chi connectivity index (χ1) is 12.8. The molecule has 0 unspecified atom stereocenters. The standard InChI is InChI=1S/C17H17N5O3S2/c1-3-14(23)19-16-15(18-10-26-16)22-9-11-4-5-12(8-13(11)20-22)27(24,25)21-17(2)6-7-17/h3-5,8-10,21H,1,6-7H2,2H3,(H,19,23). The minimum Gasteiger partial charge on any atom is -0.311 e. The number of sulfonamides is 1. The van der Waals surface area contributed by atoms with Gasteiger partial charge in [0.2, 0.25) is 15.9 Å². The van der Waals surface area contributed by atoms with Gasteiger partial charge >= 0.3 is 0 Å². The summed E-state index contributed by atoms with van der Waals surface area (Å²) in [4.78, 5) is 16.0. The Morgan fingerprint density at radius 3 is 2.89 bits per heavy atom. The summed E-state index contributed by atoms with van der Waals surface area (Å²) in [5.41, 5.74) is 1.77. The quantitative estimate of drug-likeness (QED) is 0.615. The molecule has 1 fully saturated rings. The van der Waals surface area contributed by atoms with Gasteiger partial charge in [0.05, 0.1) is 15.9 Å². The zero-order chi connectivity index (χ0) is 19.2. The summed E-state index contributed by atoms with van der Waals surface area (Å²) in [6.07, 6.45) is 4.59. The first kappa shape index (κ1) is 17.8. The fourth-order valence-corrected chi connectivity index (χ4v) is 4.75. The Bertz CT molecular complexity index is 1160. The Balaban J connectivity index is 1.69. The number of hydrogen-bond donors (Lipinski definition) is 2. The van der Waals surface area contributed by atoms with Crippen molar-refractivity contribution in [2.24, 2.45) is 0 Å². The lowest BCUT2D eigenvalue weighted by molar-refractivity contribution is -0.111. The van der Waals surface area contributed by atoms with Crippen molar-refractivity contribution in [1.29, 1.82) is 0 Å². The molecule has 1 saturated carbocycles. The molecule has 0 bridgehead atoms. The zero-order valence-electron chi connectivity index (χ0n) is 14.5. The molecule has 4 rings (SSSR count). The second kappa shape index (κ2) is 6.25. The van der Waals surface area contributed by atoms with Crippen molar-refractivity contribution in [1.82, 2.24) is 19.5 Å². The summed E-state index contributed by atoms with van der Waals surface area (Å²) < 4.78 is 29.4. The lowest BCUT2D eigenvalue weighted by Crippen LogP contribution is -2.34. The molecule has 1 aliphatic rings. The molecule has 0 aliphatic heterocycles. The Labute approximate surface area is 160 Å². The maximum Gasteiger partial charge on any atom is 0.248 e. The number of carbonyl (C=O) groups excluding carboxylic acids is 1. The molecule has 1 aliphatic carbocycles. The number of anilines is 1. The van der Waals surface area contributed by atoms with E-state index in [0.29, 0.717) is 16.3 Å². The highest BCUT2D eigenvalue weighted by atomic mass is 32.2. The first-order valence-electron chi connectivity index (χ1n) is 8.20. The number of fused-ring (bicyclic) bond motifs is 1. The highest BCUT2D eigenvalue weighted by Crippen LogP contribution is 2.36. The predicted molar refractivity (Wildman–Crippen MR) is 104 cm³/mol. The van der Waals surface area contributed by atoms with Gasteiger partial charge < -0.3 is 5.32 Å². The van der Waals surface area contributed by atoms with E-state index in [0.717, 1.165) is 18.2 Å². The van der Waals surface area contributed by atoms with Crippen LogP contribution in [0.3, 0.4) is 0 Å². The van der Waals surface area contributed by atoms with Crippen LogP contribution < -0.4 is 10.0 Å². The largest absolute Gasteiger partial charge is 0.311 e. The van der Waals surface area contributed by atoms with E-state index < -0.39 is 10.0 Å². The fourth-order valence-electron chi connectivity index (χ4n) is 2.60. The number of aromatic nitrogens is 3. The van der Waals surface area contributed by atoms with Crippen LogP contribution in [0.2, 0.25) is 0 Å². The van der Waals surface area contributed by atoms with E-state index in [-0.39, 0.29) is 16.3 Å². The van der Waals surface area contributed by atoms with Crippen molar-refractivity contribution < 1.29 is 13.2 Å². The Hall–Kier alpha value is -2.56. The minimum atomic E-state index is -3.60. The molecule has 140 valence electrons. The summed E-state index contributed by atoms with van der Waals surface area (Å²) in [7, 11) is -3.60. The molecule has 2 N–H and O–H groups in total. The van der Waals surface area contributed by atoms with Crippen molar-refractivity contribution in [2.45, 2.75) is 30.2 Å². The molecule has 0 spiro atoms. The van der Waals surface area contributed by atoms with E-state index in [1.165, 1.54) is 28.2 Å². The van der Waals surface area contributed by atoms with E-state index in [4.69, 9.17) is 0 Å². The molecule has 1 amide bonds. The van der Waals surface area contributed by atoms with Gasteiger partial charge in [-0.15, -0.1) is 11.3 Å². The summed E-state index contributed by atoms with van der Waals surface area (Å²) in [5.74, 6) is 0.115. The summed E-state index contributed by atoms with van der Waals surface area (Å²) in [6.45, 7) is 5.32. The summed E-state index contributed by atoms with van der Waals surface area (Å²) in [5, 5.41) is 8.41. The zero-order valence-corrected chi connectivity index (χ0v) is 16.1. The number of hydrogen-bond acceptors (Lipinski definition) is 6. The van der Waals surface area contributed by atoms with Crippen molar-refractivity contribution in [3.05, 3.63) is 42.6 Å². The number of thiazole rings is 1. The normalized spacial score (nSPS) is 15.6. The van der Waals surface area contributed by atoms with Gasteiger partial charge in [-0.2, -0.15) is 5.10 Å². The van der Waals surface area contributed by atoms with Crippen LogP contribution in [0.1, 0.15) is 19.8 Å². The van der Waals surface area contributed by atoms with Crippen molar-refractivity contribution in [3.8, 4) is 5.82 Å². The highest BCUT2D eigenvalue weighted by Gasteiger charge is 2.41. The van der Waals surface area contributed by atoms with E-state index >= 15 is 0 Å². The molecule has 8 nitrogen and oxygen atoms in total. The SMILES string of the molecule is C=CC(=O)Nc1scnc1-n1cc2ccc(S(=O)(=O)NC3(C)CC3)cc2n1. The average Bonchev–Trinajstić information content (AvgIpc) is 3.01. The van der Waals surface area contributed by atoms with Gasteiger partial charge in [-0.3, -0.25) is 4.79 Å². The number of nitrogens with zero attached hydrogens (tertiary/aromatic N) is 3. The molecule has 0 saturated heterocycles.